The van der Waals surface area contributed by atoms with Crippen molar-refractivity contribution in [3.63, 3.8) is 0 Å². The lowest BCUT2D eigenvalue weighted by Gasteiger charge is -2.18. The number of hydrogen-bond donors (Lipinski definition) is 3. The standard InChI is InChI=1S/C22H31ClN6O2/c1-30-19-11-10-16(13-18(19)23)26-22-28-20(24-14-17-9-6-12-31-17)27-21(29-22)25-15-7-4-2-3-5-8-15/h10-11,13,15,17H,2-9,12,14H2,1H3,(H3,24,25,26,27,28,29). The van der Waals surface area contributed by atoms with Gasteiger partial charge < -0.3 is 25.4 Å². The topological polar surface area (TPSA) is 93.2 Å². The molecule has 168 valence electrons. The maximum Gasteiger partial charge on any atom is 0.233 e. The van der Waals surface area contributed by atoms with Crippen LogP contribution >= 0.6 is 11.6 Å². The number of methoxy groups -OCH3 is 1. The molecule has 2 aliphatic rings. The van der Waals surface area contributed by atoms with Crippen LogP contribution in [0, 0.1) is 0 Å². The van der Waals surface area contributed by atoms with Crippen LogP contribution in [0.2, 0.25) is 5.02 Å². The molecule has 1 saturated carbocycles. The fourth-order valence-electron chi connectivity index (χ4n) is 4.07. The molecule has 1 unspecified atom stereocenters. The average molecular weight is 447 g/mol. The second-order valence-electron chi connectivity index (χ2n) is 8.13. The molecule has 1 aromatic carbocycles. The van der Waals surface area contributed by atoms with Crippen LogP contribution in [0.1, 0.15) is 51.4 Å². The molecular formula is C22H31ClN6O2. The molecule has 1 aliphatic heterocycles. The van der Waals surface area contributed by atoms with Gasteiger partial charge in [-0.05, 0) is 43.9 Å². The second kappa shape index (κ2) is 10.8. The van der Waals surface area contributed by atoms with Gasteiger partial charge in [-0.2, -0.15) is 15.0 Å². The first kappa shape index (κ1) is 21.9. The third-order valence-electron chi connectivity index (χ3n) is 5.74. The summed E-state index contributed by atoms with van der Waals surface area (Å²) < 4.78 is 10.9. The zero-order valence-electron chi connectivity index (χ0n) is 18.0. The van der Waals surface area contributed by atoms with Gasteiger partial charge in [0.2, 0.25) is 17.8 Å². The van der Waals surface area contributed by atoms with Gasteiger partial charge in [0.25, 0.3) is 0 Å². The minimum absolute atomic E-state index is 0.201. The highest BCUT2D eigenvalue weighted by molar-refractivity contribution is 6.32. The van der Waals surface area contributed by atoms with Gasteiger partial charge in [-0.25, -0.2) is 0 Å². The molecule has 0 amide bonds. The maximum absolute atomic E-state index is 6.27. The molecule has 8 nitrogen and oxygen atoms in total. The summed E-state index contributed by atoms with van der Waals surface area (Å²) in [6, 6.07) is 5.88. The summed E-state index contributed by atoms with van der Waals surface area (Å²) in [6.07, 6.45) is 9.71. The van der Waals surface area contributed by atoms with E-state index in [-0.39, 0.29) is 6.10 Å². The molecule has 0 bridgehead atoms. The summed E-state index contributed by atoms with van der Waals surface area (Å²) in [6.45, 7) is 1.50. The predicted molar refractivity (Wildman–Crippen MR) is 124 cm³/mol. The molecule has 2 aromatic rings. The third kappa shape index (κ3) is 6.33. The molecule has 2 heterocycles. The van der Waals surface area contributed by atoms with Gasteiger partial charge in [0.15, 0.2) is 0 Å². The first-order valence-electron chi connectivity index (χ1n) is 11.2. The van der Waals surface area contributed by atoms with Crippen LogP contribution < -0.4 is 20.7 Å². The van der Waals surface area contributed by atoms with Crippen LogP contribution in [0.15, 0.2) is 18.2 Å². The lowest BCUT2D eigenvalue weighted by atomic mass is 10.1. The van der Waals surface area contributed by atoms with Gasteiger partial charge in [0.1, 0.15) is 5.75 Å². The zero-order valence-corrected chi connectivity index (χ0v) is 18.7. The highest BCUT2D eigenvalue weighted by atomic mass is 35.5. The molecule has 9 heteroatoms. The molecule has 1 atom stereocenters. The summed E-state index contributed by atoms with van der Waals surface area (Å²) >= 11 is 6.27. The smallest absolute Gasteiger partial charge is 0.233 e. The Morgan fingerprint density at radius 1 is 1.00 bits per heavy atom. The van der Waals surface area contributed by atoms with Crippen LogP contribution in [0.5, 0.6) is 5.75 Å². The van der Waals surface area contributed by atoms with E-state index in [4.69, 9.17) is 21.1 Å². The lowest BCUT2D eigenvalue weighted by molar-refractivity contribution is 0.120. The number of ether oxygens (including phenoxy) is 2. The van der Waals surface area contributed by atoms with Crippen molar-refractivity contribution in [2.45, 2.75) is 63.5 Å². The number of aromatic nitrogens is 3. The minimum Gasteiger partial charge on any atom is -0.495 e. The van der Waals surface area contributed by atoms with Crippen molar-refractivity contribution in [2.24, 2.45) is 0 Å². The van der Waals surface area contributed by atoms with E-state index in [1.165, 1.54) is 25.7 Å². The Bertz CT molecular complexity index is 854. The van der Waals surface area contributed by atoms with Crippen molar-refractivity contribution in [1.29, 1.82) is 0 Å². The van der Waals surface area contributed by atoms with Gasteiger partial charge in [0.05, 0.1) is 18.2 Å². The zero-order chi connectivity index (χ0) is 21.5. The van der Waals surface area contributed by atoms with E-state index in [9.17, 15) is 0 Å². The number of hydrogen-bond acceptors (Lipinski definition) is 8. The van der Waals surface area contributed by atoms with Gasteiger partial charge in [-0.15, -0.1) is 0 Å². The summed E-state index contributed by atoms with van der Waals surface area (Å²) in [5.74, 6) is 2.20. The largest absolute Gasteiger partial charge is 0.495 e. The average Bonchev–Trinajstić information content (AvgIpc) is 3.16. The van der Waals surface area contributed by atoms with E-state index in [1.807, 2.05) is 12.1 Å². The number of nitrogens with zero attached hydrogens (tertiary/aromatic N) is 3. The first-order valence-corrected chi connectivity index (χ1v) is 11.6. The molecule has 4 rings (SSSR count). The van der Waals surface area contributed by atoms with Crippen molar-refractivity contribution < 1.29 is 9.47 Å². The predicted octanol–water partition coefficient (Wildman–Crippen LogP) is 5.00. The molecule has 1 saturated heterocycles. The molecule has 1 aliphatic carbocycles. The van der Waals surface area contributed by atoms with Gasteiger partial charge in [0, 0.05) is 24.9 Å². The summed E-state index contributed by atoms with van der Waals surface area (Å²) in [4.78, 5) is 13.8. The fourth-order valence-corrected chi connectivity index (χ4v) is 4.32. The number of benzene rings is 1. The van der Waals surface area contributed by atoms with Gasteiger partial charge >= 0.3 is 0 Å². The Labute approximate surface area is 188 Å². The Balaban J connectivity index is 1.51. The minimum atomic E-state index is 0.201. The summed E-state index contributed by atoms with van der Waals surface area (Å²) in [5.41, 5.74) is 0.780. The van der Waals surface area contributed by atoms with Crippen LogP contribution in [-0.4, -0.2) is 47.4 Å². The van der Waals surface area contributed by atoms with Crippen LogP contribution in [0.3, 0.4) is 0 Å². The Hall–Kier alpha value is -2.32. The van der Waals surface area contributed by atoms with Crippen LogP contribution in [-0.2, 0) is 4.74 Å². The van der Waals surface area contributed by atoms with Crippen LogP contribution in [0.4, 0.5) is 23.5 Å². The normalized spacial score (nSPS) is 19.6. The van der Waals surface area contributed by atoms with Gasteiger partial charge in [-0.3, -0.25) is 0 Å². The monoisotopic (exact) mass is 446 g/mol. The number of rotatable bonds is 8. The fraction of sp³-hybridized carbons (Fsp3) is 0.591. The van der Waals surface area contributed by atoms with E-state index in [1.54, 1.807) is 13.2 Å². The number of nitrogens with one attached hydrogen (secondary N) is 3. The van der Waals surface area contributed by atoms with Crippen molar-refractivity contribution in [2.75, 3.05) is 36.2 Å². The SMILES string of the molecule is COc1ccc(Nc2nc(NCC3CCCO3)nc(NC3CCCCCC3)n2)cc1Cl. The summed E-state index contributed by atoms with van der Waals surface area (Å²) in [5, 5.41) is 10.6. The molecule has 31 heavy (non-hydrogen) atoms. The van der Waals surface area contributed by atoms with Crippen molar-refractivity contribution in [3.8, 4) is 5.75 Å². The second-order valence-corrected chi connectivity index (χ2v) is 8.54. The van der Waals surface area contributed by atoms with E-state index in [0.29, 0.717) is 41.2 Å². The lowest BCUT2D eigenvalue weighted by Crippen LogP contribution is -2.23. The number of halogens is 1. The van der Waals surface area contributed by atoms with E-state index in [2.05, 4.69) is 30.9 Å². The Morgan fingerprint density at radius 3 is 2.48 bits per heavy atom. The van der Waals surface area contributed by atoms with Gasteiger partial charge in [-0.1, -0.05) is 37.3 Å². The molecule has 3 N–H and O–H groups in total. The first-order chi connectivity index (χ1) is 15.2. The van der Waals surface area contributed by atoms with Crippen molar-refractivity contribution in [3.05, 3.63) is 23.2 Å². The van der Waals surface area contributed by atoms with Crippen molar-refractivity contribution >= 4 is 35.1 Å². The quantitative estimate of drug-likeness (QED) is 0.487. The third-order valence-corrected chi connectivity index (χ3v) is 6.04. The molecule has 0 radical (unpaired) electrons. The molecule has 1 aromatic heterocycles. The summed E-state index contributed by atoms with van der Waals surface area (Å²) in [7, 11) is 1.59. The van der Waals surface area contributed by atoms with E-state index < -0.39 is 0 Å². The number of anilines is 4. The molecule has 2 fully saturated rings. The highest BCUT2D eigenvalue weighted by Crippen LogP contribution is 2.29. The van der Waals surface area contributed by atoms with E-state index >= 15 is 0 Å². The maximum atomic E-state index is 6.27. The molecular weight excluding hydrogens is 416 g/mol. The molecule has 0 spiro atoms. The van der Waals surface area contributed by atoms with Crippen LogP contribution in [0.25, 0.3) is 0 Å². The van der Waals surface area contributed by atoms with E-state index in [0.717, 1.165) is 38.0 Å². The highest BCUT2D eigenvalue weighted by Gasteiger charge is 2.18. The Kier molecular flexibility index (Phi) is 7.64. The van der Waals surface area contributed by atoms with Crippen molar-refractivity contribution in [1.82, 2.24) is 15.0 Å². The Morgan fingerprint density at radius 2 is 1.77 bits per heavy atom.